The van der Waals surface area contributed by atoms with Gasteiger partial charge >= 0.3 is 0 Å². The molecule has 0 saturated heterocycles. The van der Waals surface area contributed by atoms with E-state index in [4.69, 9.17) is 11.6 Å². The molecule has 140 valence electrons. The Kier molecular flexibility index (Phi) is 6.25. The van der Waals surface area contributed by atoms with E-state index >= 15 is 0 Å². The van der Waals surface area contributed by atoms with Gasteiger partial charge in [-0.15, -0.1) is 0 Å². The quantitative estimate of drug-likeness (QED) is 0.585. The normalized spacial score (nSPS) is 13.2. The number of amides is 2. The predicted molar refractivity (Wildman–Crippen MR) is 91.6 cm³/mol. The summed E-state index contributed by atoms with van der Waals surface area (Å²) in [5.74, 6) is -3.74. The van der Waals surface area contributed by atoms with E-state index in [0.717, 1.165) is 12.1 Å². The zero-order valence-corrected chi connectivity index (χ0v) is 15.2. The third-order valence-corrected chi connectivity index (χ3v) is 4.21. The van der Waals surface area contributed by atoms with Gasteiger partial charge in [0.25, 0.3) is 0 Å². The van der Waals surface area contributed by atoms with Gasteiger partial charge < -0.3 is 10.2 Å². The lowest BCUT2D eigenvalue weighted by Gasteiger charge is -2.26. The van der Waals surface area contributed by atoms with Crippen LogP contribution in [-0.2, 0) is 16.6 Å². The van der Waals surface area contributed by atoms with E-state index in [-0.39, 0.29) is 17.4 Å². The maximum absolute atomic E-state index is 13.7. The first-order chi connectivity index (χ1) is 12.2. The molecule has 1 N–H and O–H groups in total. The van der Waals surface area contributed by atoms with Crippen LogP contribution in [0.3, 0.4) is 0 Å². The highest BCUT2D eigenvalue weighted by molar-refractivity contribution is 6.29. The first-order valence-corrected chi connectivity index (χ1v) is 8.08. The second kappa shape index (κ2) is 8.22. The van der Waals surface area contributed by atoms with Crippen LogP contribution in [-0.4, -0.2) is 45.6 Å². The largest absolute Gasteiger partial charge is 0.348 e. The Morgan fingerprint density at radius 3 is 2.69 bits per heavy atom. The molecule has 10 heteroatoms. The highest BCUT2D eigenvalue weighted by Gasteiger charge is 2.30. The van der Waals surface area contributed by atoms with Crippen LogP contribution >= 0.6 is 11.6 Å². The van der Waals surface area contributed by atoms with Gasteiger partial charge in [-0.2, -0.15) is 18.9 Å². The number of anilines is 1. The molecule has 7 nitrogen and oxygen atoms in total. The van der Waals surface area contributed by atoms with Crippen molar-refractivity contribution >= 4 is 29.6 Å². The number of hydrogen-bond donors (Lipinski definition) is 1. The van der Waals surface area contributed by atoms with Crippen molar-refractivity contribution in [1.82, 2.24) is 19.7 Å². The molecular formula is C16H18ClF2N5O2. The van der Waals surface area contributed by atoms with Gasteiger partial charge in [-0.3, -0.25) is 14.3 Å². The number of carbonyl (C=O) groups excluding carboxylic acids is 2. The predicted octanol–water partition coefficient (Wildman–Crippen LogP) is 2.19. The van der Waals surface area contributed by atoms with E-state index in [9.17, 15) is 18.4 Å². The molecule has 2 amide bonds. The zero-order chi connectivity index (χ0) is 19.4. The van der Waals surface area contributed by atoms with Crippen LogP contribution in [0.15, 0.2) is 18.2 Å². The number of aryl methyl sites for hydroxylation is 1. The number of aromatic nitrogens is 3. The number of nitrogens with zero attached hydrogens (tertiary/aromatic N) is 4. The molecule has 0 fully saturated rings. The van der Waals surface area contributed by atoms with Gasteiger partial charge in [0.2, 0.25) is 24.2 Å². The SMILES string of the molecule is C[C@H](C(=O)Nc1ccc(F)nc1F)[C@H](CN(C)C=O)c1cc(Cl)nn1C. The van der Waals surface area contributed by atoms with Crippen molar-refractivity contribution in [2.45, 2.75) is 12.8 Å². The first-order valence-electron chi connectivity index (χ1n) is 7.70. The van der Waals surface area contributed by atoms with Crippen LogP contribution in [0.1, 0.15) is 18.5 Å². The molecule has 0 saturated carbocycles. The summed E-state index contributed by atoms with van der Waals surface area (Å²) in [6.07, 6.45) is 0.638. The number of rotatable bonds is 7. The number of likely N-dealkylation sites (N-methyl/N-ethyl adjacent to an activating group) is 1. The van der Waals surface area contributed by atoms with E-state index in [1.807, 2.05) is 0 Å². The molecule has 2 aromatic heterocycles. The molecule has 0 aliphatic carbocycles. The summed E-state index contributed by atoms with van der Waals surface area (Å²) in [5.41, 5.74) is 0.415. The Morgan fingerprint density at radius 1 is 1.46 bits per heavy atom. The highest BCUT2D eigenvalue weighted by atomic mass is 35.5. The van der Waals surface area contributed by atoms with E-state index in [1.165, 1.54) is 9.58 Å². The lowest BCUT2D eigenvalue weighted by Crippen LogP contribution is -2.34. The van der Waals surface area contributed by atoms with E-state index in [0.29, 0.717) is 12.1 Å². The molecule has 0 aliphatic rings. The number of carbonyl (C=O) groups is 2. The number of hydrogen-bond acceptors (Lipinski definition) is 4. The molecule has 0 aliphatic heterocycles. The summed E-state index contributed by atoms with van der Waals surface area (Å²) in [4.78, 5) is 28.0. The fourth-order valence-electron chi connectivity index (χ4n) is 2.59. The summed E-state index contributed by atoms with van der Waals surface area (Å²) in [7, 11) is 3.25. The number of halogens is 3. The van der Waals surface area contributed by atoms with Gasteiger partial charge in [-0.05, 0) is 18.2 Å². The topological polar surface area (TPSA) is 80.1 Å². The first kappa shape index (κ1) is 19.8. The Balaban J connectivity index is 2.26. The second-order valence-electron chi connectivity index (χ2n) is 5.92. The summed E-state index contributed by atoms with van der Waals surface area (Å²) >= 11 is 5.92. The Hall–Kier alpha value is -2.55. The van der Waals surface area contributed by atoms with E-state index in [2.05, 4.69) is 15.4 Å². The van der Waals surface area contributed by atoms with Crippen molar-refractivity contribution in [1.29, 1.82) is 0 Å². The van der Waals surface area contributed by atoms with Crippen molar-refractivity contribution in [2.24, 2.45) is 13.0 Å². The average Bonchev–Trinajstić information content (AvgIpc) is 2.92. The molecule has 2 heterocycles. The molecule has 0 unspecified atom stereocenters. The zero-order valence-electron chi connectivity index (χ0n) is 14.4. The Bertz CT molecular complexity index is 814. The van der Waals surface area contributed by atoms with Crippen LogP contribution in [0.4, 0.5) is 14.5 Å². The third kappa shape index (κ3) is 4.54. The molecule has 2 atom stereocenters. The minimum atomic E-state index is -1.12. The standard InChI is InChI=1S/C16H18ClF2N5O2/c1-9(16(26)20-11-4-5-14(18)21-15(11)19)10(7-23(2)8-25)12-6-13(17)22-24(12)3/h4-6,8-10H,7H2,1-3H3,(H,20,26)/t9-,10-/m0/s1. The summed E-state index contributed by atoms with van der Waals surface area (Å²) in [6, 6.07) is 3.65. The summed E-state index contributed by atoms with van der Waals surface area (Å²) in [6.45, 7) is 1.85. The van der Waals surface area contributed by atoms with Crippen LogP contribution in [0.25, 0.3) is 0 Å². The number of nitrogens with one attached hydrogen (secondary N) is 1. The lowest BCUT2D eigenvalue weighted by molar-refractivity contribution is -0.122. The van der Waals surface area contributed by atoms with E-state index in [1.54, 1.807) is 27.1 Å². The molecule has 26 heavy (non-hydrogen) atoms. The molecule has 0 bridgehead atoms. The second-order valence-corrected chi connectivity index (χ2v) is 6.30. The van der Waals surface area contributed by atoms with Gasteiger partial charge in [0.1, 0.15) is 0 Å². The maximum atomic E-state index is 13.7. The van der Waals surface area contributed by atoms with Crippen LogP contribution in [0.5, 0.6) is 0 Å². The van der Waals surface area contributed by atoms with Gasteiger partial charge in [-0.25, -0.2) is 0 Å². The van der Waals surface area contributed by atoms with Crippen molar-refractivity contribution in [2.75, 3.05) is 18.9 Å². The van der Waals surface area contributed by atoms with Gasteiger partial charge in [0, 0.05) is 38.2 Å². The molecule has 2 rings (SSSR count). The Morgan fingerprint density at radius 2 is 2.15 bits per heavy atom. The molecule has 0 aromatic carbocycles. The average molecular weight is 386 g/mol. The Labute approximate surface area is 154 Å². The third-order valence-electron chi connectivity index (χ3n) is 4.02. The van der Waals surface area contributed by atoms with Crippen LogP contribution in [0, 0.1) is 17.8 Å². The fourth-order valence-corrected chi connectivity index (χ4v) is 2.81. The summed E-state index contributed by atoms with van der Waals surface area (Å²) in [5, 5.41) is 6.69. The fraction of sp³-hybridized carbons (Fsp3) is 0.375. The van der Waals surface area contributed by atoms with Crippen molar-refractivity contribution in [3.63, 3.8) is 0 Å². The van der Waals surface area contributed by atoms with Crippen molar-refractivity contribution in [3.05, 3.63) is 40.9 Å². The van der Waals surface area contributed by atoms with Crippen LogP contribution < -0.4 is 5.32 Å². The summed E-state index contributed by atoms with van der Waals surface area (Å²) < 4.78 is 28.1. The lowest BCUT2D eigenvalue weighted by atomic mass is 9.89. The smallest absolute Gasteiger partial charge is 0.239 e. The van der Waals surface area contributed by atoms with E-state index < -0.39 is 29.6 Å². The van der Waals surface area contributed by atoms with Crippen LogP contribution in [0.2, 0.25) is 5.15 Å². The molecule has 2 aromatic rings. The van der Waals surface area contributed by atoms with Gasteiger partial charge in [0.15, 0.2) is 5.15 Å². The van der Waals surface area contributed by atoms with Crippen molar-refractivity contribution in [3.8, 4) is 0 Å². The van der Waals surface area contributed by atoms with Crippen molar-refractivity contribution < 1.29 is 18.4 Å². The number of pyridine rings is 1. The molecular weight excluding hydrogens is 368 g/mol. The molecule has 0 radical (unpaired) electrons. The molecule has 0 spiro atoms. The monoisotopic (exact) mass is 385 g/mol. The highest BCUT2D eigenvalue weighted by Crippen LogP contribution is 2.28. The van der Waals surface area contributed by atoms with Gasteiger partial charge in [0.05, 0.1) is 5.69 Å². The van der Waals surface area contributed by atoms with Gasteiger partial charge in [-0.1, -0.05) is 18.5 Å². The maximum Gasteiger partial charge on any atom is 0.239 e. The minimum Gasteiger partial charge on any atom is -0.348 e. The minimum absolute atomic E-state index is 0.220.